The maximum atomic E-state index is 14.0. The van der Waals surface area contributed by atoms with Gasteiger partial charge >= 0.3 is 24.1 Å². The predicted molar refractivity (Wildman–Crippen MR) is 552 cm³/mol. The average molecular weight is 2020 g/mol. The van der Waals surface area contributed by atoms with E-state index >= 15 is 0 Å². The fourth-order valence-electron chi connectivity index (χ4n) is 15.5. The molecule has 0 bridgehead atoms. The molecule has 143 heavy (non-hydrogen) atoms. The zero-order chi connectivity index (χ0) is 101. The summed E-state index contributed by atoms with van der Waals surface area (Å²) in [5, 5.41) is 73.3. The molecule has 43 heteroatoms. The number of aryl methyl sites for hydroxylation is 1. The van der Waals surface area contributed by atoms with Crippen LogP contribution >= 0.6 is 45.3 Å². The van der Waals surface area contributed by atoms with Crippen LogP contribution in [0.3, 0.4) is 0 Å². The summed E-state index contributed by atoms with van der Waals surface area (Å²) in [6.07, 6.45) is 25.9. The first kappa shape index (κ1) is 103. The molecular weight excluding hydrogens is 1910 g/mol. The molecule has 0 aliphatic carbocycles. The molecule has 13 N–H and O–H groups in total. The maximum Gasteiger partial charge on any atom is 0.321 e. The molecule has 2 aliphatic rings. The Hall–Kier alpha value is -14.1. The number of likely N-dealkylation sites (tertiary alicyclic amines) is 1. The Morgan fingerprint density at radius 3 is 1.17 bits per heavy atom. The topological polar surface area (TPSA) is 501 Å². The number of hydrogen-bond acceptors (Lipinski definition) is 33. The van der Waals surface area contributed by atoms with Crippen molar-refractivity contribution in [3.8, 4) is 89.5 Å². The Labute approximate surface area is 838 Å². The highest BCUT2D eigenvalue weighted by Gasteiger charge is 2.36. The van der Waals surface area contributed by atoms with Crippen LogP contribution in [0, 0.1) is 0 Å². The van der Waals surface area contributed by atoms with Crippen molar-refractivity contribution in [2.24, 2.45) is 0 Å². The molecule has 0 radical (unpaired) electrons. The zero-order valence-corrected chi connectivity index (χ0v) is 83.5. The SMILES string of the molecule is CCNC(=O)Nc1nc2cc(-c3cnc(C(C)(C)O)nc3)cc(-c3cc(CCCCN4CCOCC4)ccn3)c2s1.CCNC(=O)Nc1nc2cc(-c3cnc(C(C)(C)O)nc3)cc(-c3cc(CN4CCCC(F)(F)C4)ccn3)c2s1.CCNC(=O)Nc1nc2cc(-c3cnc(C(C)(C)O)nc3)cc(-c3cnccn3)c2s1.CCNC(=O)Nc1nc2cc(-c3cnc(C(O)CO)nc3)cc(-c3ccccn3)c2s1. The van der Waals surface area contributed by atoms with Crippen molar-refractivity contribution < 1.29 is 58.2 Å². The van der Waals surface area contributed by atoms with E-state index in [1.165, 1.54) is 50.9 Å². The van der Waals surface area contributed by atoms with E-state index in [9.17, 15) is 48.4 Å². The molecule has 12 aromatic heterocycles. The summed E-state index contributed by atoms with van der Waals surface area (Å²) < 4.78 is 37.0. The first-order chi connectivity index (χ1) is 68.7. The second-order valence-electron chi connectivity index (χ2n) is 35.1. The van der Waals surface area contributed by atoms with Crippen LogP contribution in [-0.2, 0) is 34.5 Å². The molecule has 0 spiro atoms. The molecule has 1 unspecified atom stereocenters. The van der Waals surface area contributed by atoms with Gasteiger partial charge in [0.25, 0.3) is 5.92 Å². The third-order valence-electron chi connectivity index (χ3n) is 22.4. The van der Waals surface area contributed by atoms with E-state index in [0.29, 0.717) is 117 Å². The van der Waals surface area contributed by atoms with Gasteiger partial charge in [0.15, 0.2) is 43.8 Å². The molecule has 1 atom stereocenters. The second kappa shape index (κ2) is 46.8. The van der Waals surface area contributed by atoms with Crippen molar-refractivity contribution in [1.82, 2.24) is 116 Å². The third kappa shape index (κ3) is 27.2. The van der Waals surface area contributed by atoms with Gasteiger partial charge in [-0.15, -0.1) is 0 Å². The number of unbranched alkanes of at least 4 members (excludes halogenated alkanes) is 1. The normalized spacial score (nSPS) is 13.6. The highest BCUT2D eigenvalue weighted by molar-refractivity contribution is 7.24. The van der Waals surface area contributed by atoms with E-state index < -0.39 is 35.4 Å². The lowest BCUT2D eigenvalue weighted by molar-refractivity contribution is -0.0661. The second-order valence-corrected chi connectivity index (χ2v) is 39.1. The Bertz CT molecular complexity index is 7090. The van der Waals surface area contributed by atoms with Gasteiger partial charge in [0, 0.05) is 177 Å². The van der Waals surface area contributed by atoms with Gasteiger partial charge in [-0.1, -0.05) is 51.4 Å². The van der Waals surface area contributed by atoms with Gasteiger partial charge in [0.2, 0.25) is 0 Å². The summed E-state index contributed by atoms with van der Waals surface area (Å²) in [6, 6.07) is 28.0. The van der Waals surface area contributed by atoms with Gasteiger partial charge in [-0.25, -0.2) is 87.8 Å². The van der Waals surface area contributed by atoms with Crippen molar-refractivity contribution in [3.05, 3.63) is 212 Å². The molecule has 2 fully saturated rings. The number of pyridine rings is 3. The van der Waals surface area contributed by atoms with E-state index in [2.05, 4.69) is 140 Å². The number of piperidine rings is 1. The lowest BCUT2D eigenvalue weighted by Crippen LogP contribution is -2.42. The molecule has 742 valence electrons. The lowest BCUT2D eigenvalue weighted by atomic mass is 10.0. The minimum Gasteiger partial charge on any atom is -0.393 e. The largest absolute Gasteiger partial charge is 0.393 e. The number of aromatic nitrogens is 17. The molecule has 18 rings (SSSR count). The van der Waals surface area contributed by atoms with Crippen molar-refractivity contribution in [2.75, 3.05) is 100.0 Å². The molecule has 2 aliphatic heterocycles. The average Bonchev–Trinajstić information content (AvgIpc) is 1.67. The van der Waals surface area contributed by atoms with Crippen LogP contribution < -0.4 is 42.5 Å². The summed E-state index contributed by atoms with van der Waals surface area (Å²) in [4.78, 5) is 128. The van der Waals surface area contributed by atoms with E-state index in [1.54, 1.807) is 127 Å². The highest BCUT2D eigenvalue weighted by atomic mass is 32.1. The van der Waals surface area contributed by atoms with E-state index in [-0.39, 0.29) is 42.9 Å². The number of thiazole rings is 4. The molecule has 16 aromatic rings. The van der Waals surface area contributed by atoms with Crippen LogP contribution in [0.1, 0.15) is 135 Å². The van der Waals surface area contributed by atoms with Gasteiger partial charge < -0.3 is 51.5 Å². The Kier molecular flexibility index (Phi) is 33.8. The number of benzene rings is 4. The van der Waals surface area contributed by atoms with Gasteiger partial charge in [0.05, 0.1) is 96.2 Å². The molecular formula is C100H109F2N27O10S4. The van der Waals surface area contributed by atoms with Crippen molar-refractivity contribution in [3.63, 3.8) is 0 Å². The number of hydrogen-bond donors (Lipinski definition) is 13. The van der Waals surface area contributed by atoms with Crippen LogP contribution in [0.4, 0.5) is 48.5 Å². The van der Waals surface area contributed by atoms with E-state index in [0.717, 1.165) is 155 Å². The number of aliphatic hydroxyl groups is 5. The zero-order valence-electron chi connectivity index (χ0n) is 80.2. The predicted octanol–water partition coefficient (Wildman–Crippen LogP) is 16.8. The van der Waals surface area contributed by atoms with Gasteiger partial charge in [-0.05, 0) is 226 Å². The number of rotatable bonds is 28. The van der Waals surface area contributed by atoms with E-state index in [1.807, 2.05) is 107 Å². The summed E-state index contributed by atoms with van der Waals surface area (Å²) >= 11 is 5.49. The lowest BCUT2D eigenvalue weighted by Gasteiger charge is -2.32. The monoisotopic (exact) mass is 2010 g/mol. The summed E-state index contributed by atoms with van der Waals surface area (Å²) in [5.74, 6) is -1.52. The number of carbonyl (C=O) groups is 4. The van der Waals surface area contributed by atoms with Crippen LogP contribution in [0.5, 0.6) is 0 Å². The summed E-state index contributed by atoms with van der Waals surface area (Å²) in [5.41, 5.74) is 14.2. The fraction of sp³-hybridized carbons (Fsp3) is 0.330. The first-order valence-corrected chi connectivity index (χ1v) is 49.7. The molecule has 4 aromatic carbocycles. The molecule has 37 nitrogen and oxygen atoms in total. The van der Waals surface area contributed by atoms with Crippen molar-refractivity contribution >= 4 is 131 Å². The van der Waals surface area contributed by atoms with Crippen molar-refractivity contribution in [1.29, 1.82) is 0 Å². The first-order valence-electron chi connectivity index (χ1n) is 46.5. The number of ether oxygens (including phenoxy) is 1. The highest BCUT2D eigenvalue weighted by Crippen LogP contribution is 2.44. The standard InChI is InChI=1S/C30H37N7O3S.C28H31F2N7O2S.C21H21N7O2S.C21H20N6O3S/c1-4-31-28(38)36-29-35-25-17-21(22-18-33-27(34-19-22)30(2,3)39)16-23(26(25)41-29)24-15-20(8-9-32-24)7-5-6-10-37-11-13-40-14-12-37;1-4-31-25(38)36-26-35-22-12-18(19-13-33-24(34-14-19)27(2,3)39)11-20(23(22)40-26)21-10-17(6-8-32-21)15-37-9-5-7-28(29,30)16-37;1-4-23-19(29)28-20-27-15-8-12(13-9-25-18(26-10-13)21(2,3)30)7-14(17(15)31-20)16-11-22-5-6-24-16;1-2-22-20(30)27-21-26-16-8-12(13-9-24-19(25-10-13)17(29)11-28)7-14(18(16)31-21)15-5-3-4-6-23-15/h8-9,15-19,39H,4-7,10-14H2,1-3H3,(H2,31,35,36,38);6,8,10-14,39H,4-5,7,9,15-16H2,1-3H3,(H2,31,35,36,38);5-11,30H,4H2,1-3H3,(H2,23,27,28,29);3-10,17,28-29H,2,11H2,1H3,(H2,22,26,27,30). The summed E-state index contributed by atoms with van der Waals surface area (Å²) in [7, 11) is 0. The van der Waals surface area contributed by atoms with Crippen LogP contribution in [0.15, 0.2) is 178 Å². The number of nitrogens with zero attached hydrogens (tertiary/aromatic N) is 19. The van der Waals surface area contributed by atoms with Gasteiger partial charge in [-0.3, -0.25) is 56.0 Å². The third-order valence-corrected chi connectivity index (χ3v) is 26.5. The number of nitrogens with one attached hydrogen (secondary N) is 8. The van der Waals surface area contributed by atoms with Crippen molar-refractivity contribution in [2.45, 2.75) is 137 Å². The number of carbonyl (C=O) groups excluding carboxylic acids is 4. The maximum absolute atomic E-state index is 14.0. The Morgan fingerprint density at radius 1 is 0.427 bits per heavy atom. The van der Waals surface area contributed by atoms with Crippen LogP contribution in [0.25, 0.3) is 130 Å². The van der Waals surface area contributed by atoms with E-state index in [4.69, 9.17) is 19.8 Å². The summed E-state index contributed by atoms with van der Waals surface area (Å²) in [6.45, 7) is 24.4. The smallest absolute Gasteiger partial charge is 0.321 e. The quantitative estimate of drug-likeness (QED) is 0.0203. The molecule has 14 heterocycles. The number of halogens is 2. The number of morpholine rings is 1. The minimum atomic E-state index is -2.67. The van der Waals surface area contributed by atoms with Gasteiger partial charge in [-0.2, -0.15) is 0 Å². The number of alkyl halides is 2. The van der Waals surface area contributed by atoms with Crippen LogP contribution in [-0.4, -0.2) is 229 Å². The van der Waals surface area contributed by atoms with Gasteiger partial charge in [0.1, 0.15) is 22.9 Å². The van der Waals surface area contributed by atoms with Crippen LogP contribution in [0.2, 0.25) is 0 Å². The molecule has 2 saturated heterocycles. The number of anilines is 4. The number of urea groups is 4. The number of fused-ring (bicyclic) bond motifs is 4. The Balaban J connectivity index is 0.000000145. The number of aliphatic hydroxyl groups excluding tert-OH is 2. The molecule has 8 amide bonds. The molecule has 0 saturated carbocycles. The number of amides is 8. The minimum absolute atomic E-state index is 0.0750. The fourth-order valence-corrected chi connectivity index (χ4v) is 19.3. The Morgan fingerprint density at radius 2 is 0.804 bits per heavy atom.